The Morgan fingerprint density at radius 2 is 1.80 bits per heavy atom. The monoisotopic (exact) mass is 234 g/mol. The summed E-state index contributed by atoms with van der Waals surface area (Å²) in [7, 11) is -3.17. The van der Waals surface area contributed by atoms with Gasteiger partial charge in [-0.15, -0.1) is 0 Å². The molecule has 1 rings (SSSR count). The molecule has 0 unspecified atom stereocenters. The number of hydrogen-bond donors (Lipinski definition) is 2. The minimum absolute atomic E-state index is 0.489. The predicted octanol–water partition coefficient (Wildman–Crippen LogP) is 0.704. The number of sulfonamides is 1. The molecule has 1 heterocycles. The Morgan fingerprint density at radius 3 is 2.27 bits per heavy atom. The normalized spacial score (nSPS) is 20.5. The van der Waals surface area contributed by atoms with E-state index >= 15 is 0 Å². The van der Waals surface area contributed by atoms with Gasteiger partial charge in [-0.3, -0.25) is 0 Å². The smallest absolute Gasteiger partial charge is 0.216 e. The fourth-order valence-corrected chi connectivity index (χ4v) is 2.42. The highest BCUT2D eigenvalue weighted by Gasteiger charge is 2.29. The highest BCUT2D eigenvalue weighted by Crippen LogP contribution is 2.15. The maximum Gasteiger partial charge on any atom is 0.216 e. The fraction of sp³-hybridized carbons (Fsp3) is 1.00. The van der Waals surface area contributed by atoms with Crippen LogP contribution in [0.15, 0.2) is 0 Å². The van der Waals surface area contributed by atoms with Gasteiger partial charge in [0.05, 0.1) is 4.75 Å². The van der Waals surface area contributed by atoms with E-state index < -0.39 is 14.8 Å². The first kappa shape index (κ1) is 12.9. The van der Waals surface area contributed by atoms with Crippen molar-refractivity contribution in [1.82, 2.24) is 10.0 Å². The van der Waals surface area contributed by atoms with Crippen molar-refractivity contribution in [2.24, 2.45) is 5.92 Å². The van der Waals surface area contributed by atoms with Gasteiger partial charge in [-0.25, -0.2) is 13.1 Å². The lowest BCUT2D eigenvalue weighted by Crippen LogP contribution is -2.43. The highest BCUT2D eigenvalue weighted by molar-refractivity contribution is 7.90. The van der Waals surface area contributed by atoms with Crippen LogP contribution in [0, 0.1) is 5.92 Å². The Kier molecular flexibility index (Phi) is 4.14. The third-order valence-corrected chi connectivity index (χ3v) is 4.99. The van der Waals surface area contributed by atoms with Crippen molar-refractivity contribution in [3.63, 3.8) is 0 Å². The van der Waals surface area contributed by atoms with E-state index in [1.165, 1.54) is 0 Å². The molecule has 0 amide bonds. The van der Waals surface area contributed by atoms with Gasteiger partial charge in [0, 0.05) is 6.54 Å². The lowest BCUT2D eigenvalue weighted by Gasteiger charge is -2.25. The third kappa shape index (κ3) is 3.74. The van der Waals surface area contributed by atoms with Gasteiger partial charge < -0.3 is 5.32 Å². The Hall–Kier alpha value is -0.130. The highest BCUT2D eigenvalue weighted by atomic mass is 32.2. The van der Waals surface area contributed by atoms with E-state index in [9.17, 15) is 8.42 Å². The van der Waals surface area contributed by atoms with E-state index in [0.29, 0.717) is 12.5 Å². The molecule has 0 aromatic heterocycles. The molecule has 0 atom stereocenters. The molecule has 0 aromatic carbocycles. The van der Waals surface area contributed by atoms with Crippen molar-refractivity contribution >= 4 is 10.0 Å². The van der Waals surface area contributed by atoms with Crippen LogP contribution in [0.3, 0.4) is 0 Å². The van der Waals surface area contributed by atoms with Crippen LogP contribution in [0.2, 0.25) is 0 Å². The molecular formula is C10H22N2O2S. The van der Waals surface area contributed by atoms with Crippen LogP contribution in [0.1, 0.15) is 33.6 Å². The van der Waals surface area contributed by atoms with Crippen LogP contribution in [0.5, 0.6) is 0 Å². The Balaban J connectivity index is 2.42. The molecule has 0 aliphatic carbocycles. The summed E-state index contributed by atoms with van der Waals surface area (Å²) in [6, 6.07) is 0. The van der Waals surface area contributed by atoms with Crippen molar-refractivity contribution in [1.29, 1.82) is 0 Å². The summed E-state index contributed by atoms with van der Waals surface area (Å²) in [5.41, 5.74) is 0. The van der Waals surface area contributed by atoms with Gasteiger partial charge in [-0.05, 0) is 52.6 Å². The first-order valence-corrected chi connectivity index (χ1v) is 7.01. The summed E-state index contributed by atoms with van der Waals surface area (Å²) in [6.07, 6.45) is 2.12. The average Bonchev–Trinajstić information content (AvgIpc) is 2.15. The standard InChI is InChI=1S/C10H22N2O2S/c1-10(2,3)15(13,14)12-8-9-4-6-11-7-5-9/h9,11-12H,4-8H2,1-3H3. The minimum atomic E-state index is -3.17. The summed E-state index contributed by atoms with van der Waals surface area (Å²) in [6.45, 7) is 7.75. The largest absolute Gasteiger partial charge is 0.317 e. The van der Waals surface area contributed by atoms with Crippen LogP contribution in [-0.4, -0.2) is 32.8 Å². The van der Waals surface area contributed by atoms with Gasteiger partial charge in [0.15, 0.2) is 0 Å². The maximum absolute atomic E-state index is 11.8. The van der Waals surface area contributed by atoms with Crippen LogP contribution >= 0.6 is 0 Å². The number of rotatable bonds is 3. The van der Waals surface area contributed by atoms with Crippen molar-refractivity contribution in [2.45, 2.75) is 38.4 Å². The Morgan fingerprint density at radius 1 is 1.27 bits per heavy atom. The molecule has 90 valence electrons. The lowest BCUT2D eigenvalue weighted by molar-refractivity contribution is 0.371. The molecule has 0 radical (unpaired) electrons. The molecule has 1 aliphatic rings. The number of hydrogen-bond acceptors (Lipinski definition) is 3. The summed E-state index contributed by atoms with van der Waals surface area (Å²) in [4.78, 5) is 0. The second kappa shape index (κ2) is 4.80. The van der Waals surface area contributed by atoms with E-state index in [4.69, 9.17) is 0 Å². The fourth-order valence-electron chi connectivity index (χ4n) is 1.53. The van der Waals surface area contributed by atoms with Gasteiger partial charge in [0.25, 0.3) is 0 Å². The first-order valence-electron chi connectivity index (χ1n) is 5.53. The number of piperidine rings is 1. The van der Waals surface area contributed by atoms with Crippen LogP contribution in [0.25, 0.3) is 0 Å². The van der Waals surface area contributed by atoms with Crippen LogP contribution in [0.4, 0.5) is 0 Å². The summed E-state index contributed by atoms with van der Waals surface area (Å²) in [5, 5.41) is 3.26. The van der Waals surface area contributed by atoms with Crippen LogP contribution < -0.4 is 10.0 Å². The van der Waals surface area contributed by atoms with E-state index in [1.807, 2.05) is 0 Å². The van der Waals surface area contributed by atoms with Crippen molar-refractivity contribution in [3.8, 4) is 0 Å². The Labute approximate surface area is 92.9 Å². The van der Waals surface area contributed by atoms with E-state index in [2.05, 4.69) is 10.0 Å². The van der Waals surface area contributed by atoms with Gasteiger partial charge in [-0.2, -0.15) is 0 Å². The molecule has 4 nitrogen and oxygen atoms in total. The molecule has 0 saturated carbocycles. The molecule has 0 bridgehead atoms. The van der Waals surface area contributed by atoms with Crippen molar-refractivity contribution in [2.75, 3.05) is 19.6 Å². The summed E-state index contributed by atoms with van der Waals surface area (Å²) < 4.78 is 25.5. The molecule has 2 N–H and O–H groups in total. The van der Waals surface area contributed by atoms with Crippen molar-refractivity contribution < 1.29 is 8.42 Å². The van der Waals surface area contributed by atoms with E-state index in [1.54, 1.807) is 20.8 Å². The molecule has 15 heavy (non-hydrogen) atoms. The van der Waals surface area contributed by atoms with Crippen LogP contribution in [-0.2, 0) is 10.0 Å². The number of nitrogens with one attached hydrogen (secondary N) is 2. The zero-order valence-electron chi connectivity index (χ0n) is 9.84. The van der Waals surface area contributed by atoms with Gasteiger partial charge in [0.1, 0.15) is 0 Å². The van der Waals surface area contributed by atoms with E-state index in [0.717, 1.165) is 25.9 Å². The lowest BCUT2D eigenvalue weighted by atomic mass is 9.99. The van der Waals surface area contributed by atoms with Gasteiger partial charge in [0.2, 0.25) is 10.0 Å². The molecule has 1 aliphatic heterocycles. The second-order valence-corrected chi connectivity index (χ2v) is 7.68. The molecule has 0 aromatic rings. The molecular weight excluding hydrogens is 212 g/mol. The third-order valence-electron chi connectivity index (χ3n) is 2.83. The van der Waals surface area contributed by atoms with Gasteiger partial charge >= 0.3 is 0 Å². The van der Waals surface area contributed by atoms with E-state index in [-0.39, 0.29) is 0 Å². The quantitative estimate of drug-likeness (QED) is 0.756. The molecule has 0 spiro atoms. The zero-order valence-corrected chi connectivity index (χ0v) is 10.7. The van der Waals surface area contributed by atoms with Gasteiger partial charge in [-0.1, -0.05) is 0 Å². The Bertz CT molecular complexity index is 287. The molecule has 1 saturated heterocycles. The molecule has 1 fully saturated rings. The average molecular weight is 234 g/mol. The first-order chi connectivity index (χ1) is 6.83. The second-order valence-electron chi connectivity index (χ2n) is 5.16. The summed E-state index contributed by atoms with van der Waals surface area (Å²) >= 11 is 0. The molecule has 5 heteroatoms. The topological polar surface area (TPSA) is 58.2 Å². The van der Waals surface area contributed by atoms with Crippen molar-refractivity contribution in [3.05, 3.63) is 0 Å². The SMILES string of the molecule is CC(C)(C)S(=O)(=O)NCC1CCNCC1. The summed E-state index contributed by atoms with van der Waals surface area (Å²) in [5.74, 6) is 0.489. The zero-order chi connectivity index (χ0) is 11.5. The minimum Gasteiger partial charge on any atom is -0.317 e. The predicted molar refractivity (Wildman–Crippen MR) is 62.3 cm³/mol. The maximum atomic E-state index is 11.8.